The molecule has 0 fully saturated rings. The molecule has 9 nitrogen and oxygen atoms in total. The number of aromatic nitrogens is 7. The third-order valence-corrected chi connectivity index (χ3v) is 3.66. The highest BCUT2D eigenvalue weighted by Crippen LogP contribution is 2.15. The molecular weight excluding hydrogens is 327 g/mol. The Labute approximate surface area is 139 Å². The molecule has 0 aliphatic carbocycles. The predicted molar refractivity (Wildman–Crippen MR) is 88.2 cm³/mol. The molecule has 3 aromatic heterocycles. The van der Waals surface area contributed by atoms with E-state index < -0.39 is 0 Å². The van der Waals surface area contributed by atoms with Gasteiger partial charge < -0.3 is 5.32 Å². The summed E-state index contributed by atoms with van der Waals surface area (Å²) in [5, 5.41) is 14.3. The number of H-pyrrole nitrogens is 2. The predicted octanol–water partition coefficient (Wildman–Crippen LogP) is 1.19. The molecule has 0 bridgehead atoms. The van der Waals surface area contributed by atoms with Gasteiger partial charge in [0.15, 0.2) is 11.5 Å². The first kappa shape index (κ1) is 15.0. The average Bonchev–Trinajstić information content (AvgIpc) is 3.22. The van der Waals surface area contributed by atoms with Crippen LogP contribution in [0.1, 0.15) is 5.82 Å². The normalized spacial score (nSPS) is 11.1. The Bertz CT molecular complexity index is 1090. The SMILES string of the molecule is Cn1ncc2c(=O)[nH]c(NCc3nc(-c4ccc(F)cc4)n[nH]3)nc21. The van der Waals surface area contributed by atoms with Crippen LogP contribution in [0.4, 0.5) is 10.3 Å². The van der Waals surface area contributed by atoms with Gasteiger partial charge in [-0.3, -0.25) is 19.6 Å². The maximum atomic E-state index is 13.0. The maximum absolute atomic E-state index is 13.0. The summed E-state index contributed by atoms with van der Waals surface area (Å²) >= 11 is 0. The van der Waals surface area contributed by atoms with Crippen LogP contribution in [0, 0.1) is 5.82 Å². The third kappa shape index (κ3) is 2.84. The third-order valence-electron chi connectivity index (χ3n) is 3.66. The number of fused-ring (bicyclic) bond motifs is 1. The molecule has 0 aliphatic heterocycles. The van der Waals surface area contributed by atoms with Gasteiger partial charge in [-0.15, -0.1) is 0 Å². The molecule has 1 aromatic carbocycles. The summed E-state index contributed by atoms with van der Waals surface area (Å²) in [6.07, 6.45) is 1.47. The van der Waals surface area contributed by atoms with Crippen molar-refractivity contribution in [2.75, 3.05) is 5.32 Å². The minimum absolute atomic E-state index is 0.273. The minimum Gasteiger partial charge on any atom is -0.348 e. The van der Waals surface area contributed by atoms with Crippen LogP contribution >= 0.6 is 0 Å². The number of benzene rings is 1. The van der Waals surface area contributed by atoms with E-state index >= 15 is 0 Å². The molecule has 3 N–H and O–H groups in total. The van der Waals surface area contributed by atoms with Crippen molar-refractivity contribution in [3.05, 3.63) is 52.5 Å². The van der Waals surface area contributed by atoms with Gasteiger partial charge in [0.2, 0.25) is 5.95 Å². The van der Waals surface area contributed by atoms with E-state index in [1.54, 1.807) is 19.2 Å². The molecule has 10 heteroatoms. The Balaban J connectivity index is 1.53. The van der Waals surface area contributed by atoms with Crippen LogP contribution in [-0.4, -0.2) is 34.9 Å². The summed E-state index contributed by atoms with van der Waals surface area (Å²) in [7, 11) is 1.71. The van der Waals surface area contributed by atoms with E-state index in [1.165, 1.54) is 23.0 Å². The van der Waals surface area contributed by atoms with Crippen molar-refractivity contribution in [3.63, 3.8) is 0 Å². The number of aryl methyl sites for hydroxylation is 1. The van der Waals surface area contributed by atoms with Crippen molar-refractivity contribution in [1.82, 2.24) is 34.9 Å². The number of nitrogens with one attached hydrogen (secondary N) is 3. The van der Waals surface area contributed by atoms with E-state index in [1.807, 2.05) is 0 Å². The molecule has 0 saturated carbocycles. The summed E-state index contributed by atoms with van der Waals surface area (Å²) in [6, 6.07) is 5.90. The van der Waals surface area contributed by atoms with Gasteiger partial charge in [0.25, 0.3) is 5.56 Å². The maximum Gasteiger partial charge on any atom is 0.263 e. The van der Waals surface area contributed by atoms with Gasteiger partial charge in [-0.05, 0) is 24.3 Å². The number of rotatable bonds is 4. The Hall–Kier alpha value is -3.56. The van der Waals surface area contributed by atoms with Gasteiger partial charge in [0, 0.05) is 12.6 Å². The highest BCUT2D eigenvalue weighted by molar-refractivity contribution is 5.74. The van der Waals surface area contributed by atoms with Gasteiger partial charge in [0.05, 0.1) is 12.7 Å². The van der Waals surface area contributed by atoms with E-state index in [-0.39, 0.29) is 17.9 Å². The molecule has 25 heavy (non-hydrogen) atoms. The first-order valence-electron chi connectivity index (χ1n) is 7.43. The Morgan fingerprint density at radius 3 is 2.84 bits per heavy atom. The quantitative estimate of drug-likeness (QED) is 0.514. The average molecular weight is 340 g/mol. The number of aromatic amines is 2. The van der Waals surface area contributed by atoms with Crippen molar-refractivity contribution >= 4 is 17.0 Å². The molecule has 0 amide bonds. The number of halogens is 1. The molecule has 4 aromatic rings. The highest BCUT2D eigenvalue weighted by Gasteiger charge is 2.09. The lowest BCUT2D eigenvalue weighted by Gasteiger charge is -2.03. The second-order valence-electron chi connectivity index (χ2n) is 5.39. The molecule has 0 radical (unpaired) electrons. The summed E-state index contributed by atoms with van der Waals surface area (Å²) in [5.41, 5.74) is 0.910. The van der Waals surface area contributed by atoms with Crippen LogP contribution in [0.2, 0.25) is 0 Å². The zero-order valence-electron chi connectivity index (χ0n) is 13.1. The number of nitrogens with zero attached hydrogens (tertiary/aromatic N) is 5. The van der Waals surface area contributed by atoms with E-state index in [0.29, 0.717) is 34.2 Å². The Morgan fingerprint density at radius 2 is 2.04 bits per heavy atom. The van der Waals surface area contributed by atoms with Crippen molar-refractivity contribution < 1.29 is 4.39 Å². The van der Waals surface area contributed by atoms with Crippen LogP contribution in [0.25, 0.3) is 22.4 Å². The van der Waals surface area contributed by atoms with Crippen LogP contribution in [-0.2, 0) is 13.6 Å². The number of hydrogen-bond donors (Lipinski definition) is 3. The summed E-state index contributed by atoms with van der Waals surface area (Å²) in [6.45, 7) is 0.278. The van der Waals surface area contributed by atoms with E-state index in [2.05, 4.69) is 35.6 Å². The van der Waals surface area contributed by atoms with Gasteiger partial charge in [0.1, 0.15) is 17.0 Å². The fourth-order valence-electron chi connectivity index (χ4n) is 2.39. The second kappa shape index (κ2) is 5.82. The van der Waals surface area contributed by atoms with Crippen molar-refractivity contribution in [2.45, 2.75) is 6.54 Å². The molecule has 0 atom stereocenters. The molecule has 0 aliphatic rings. The fraction of sp³-hybridized carbons (Fsp3) is 0.133. The molecule has 126 valence electrons. The van der Waals surface area contributed by atoms with Gasteiger partial charge >= 0.3 is 0 Å². The lowest BCUT2D eigenvalue weighted by molar-refractivity contribution is 0.628. The van der Waals surface area contributed by atoms with Crippen molar-refractivity contribution in [3.8, 4) is 11.4 Å². The highest BCUT2D eigenvalue weighted by atomic mass is 19.1. The van der Waals surface area contributed by atoms with E-state index in [0.717, 1.165) is 0 Å². The lowest BCUT2D eigenvalue weighted by Crippen LogP contribution is -2.13. The molecule has 0 unspecified atom stereocenters. The first-order valence-corrected chi connectivity index (χ1v) is 7.43. The molecule has 0 spiro atoms. The van der Waals surface area contributed by atoms with Crippen molar-refractivity contribution in [2.24, 2.45) is 7.05 Å². The Kier molecular flexibility index (Phi) is 3.49. The molecule has 3 heterocycles. The Morgan fingerprint density at radius 1 is 1.24 bits per heavy atom. The summed E-state index contributed by atoms with van der Waals surface area (Å²) in [4.78, 5) is 23.3. The molecule has 0 saturated heterocycles. The standard InChI is InChI=1S/C15H13FN8O/c1-24-13-10(6-18-24)14(25)21-15(20-13)17-7-11-19-12(23-22-11)8-2-4-9(16)5-3-8/h2-6H,7H2,1H3,(H,19,22,23)(H2,17,20,21,25). The number of anilines is 1. The second-order valence-corrected chi connectivity index (χ2v) is 5.39. The van der Waals surface area contributed by atoms with Crippen LogP contribution in [0.3, 0.4) is 0 Å². The summed E-state index contributed by atoms with van der Waals surface area (Å²) in [5.74, 6) is 0.995. The van der Waals surface area contributed by atoms with E-state index in [9.17, 15) is 9.18 Å². The fourth-order valence-corrected chi connectivity index (χ4v) is 2.39. The molecular formula is C15H13FN8O. The monoisotopic (exact) mass is 340 g/mol. The largest absolute Gasteiger partial charge is 0.348 e. The lowest BCUT2D eigenvalue weighted by atomic mass is 10.2. The topological polar surface area (TPSA) is 117 Å². The smallest absolute Gasteiger partial charge is 0.263 e. The number of hydrogen-bond acceptors (Lipinski definition) is 6. The van der Waals surface area contributed by atoms with Crippen LogP contribution < -0.4 is 10.9 Å². The van der Waals surface area contributed by atoms with Crippen LogP contribution in [0.15, 0.2) is 35.3 Å². The zero-order chi connectivity index (χ0) is 17.4. The zero-order valence-corrected chi connectivity index (χ0v) is 13.1. The minimum atomic E-state index is -0.318. The van der Waals surface area contributed by atoms with E-state index in [4.69, 9.17) is 0 Å². The summed E-state index contributed by atoms with van der Waals surface area (Å²) < 4.78 is 14.5. The molecule has 4 rings (SSSR count). The van der Waals surface area contributed by atoms with Crippen molar-refractivity contribution in [1.29, 1.82) is 0 Å². The van der Waals surface area contributed by atoms with Gasteiger partial charge in [-0.1, -0.05) is 0 Å². The van der Waals surface area contributed by atoms with Gasteiger partial charge in [-0.2, -0.15) is 15.2 Å². The van der Waals surface area contributed by atoms with Gasteiger partial charge in [-0.25, -0.2) is 9.37 Å². The van der Waals surface area contributed by atoms with Crippen LogP contribution in [0.5, 0.6) is 0 Å². The first-order chi connectivity index (χ1) is 12.1.